The lowest BCUT2D eigenvalue weighted by atomic mass is 10.1. The minimum absolute atomic E-state index is 0.0160. The highest BCUT2D eigenvalue weighted by molar-refractivity contribution is 9.10. The summed E-state index contributed by atoms with van der Waals surface area (Å²) in [5, 5.41) is 4.57. The maximum absolute atomic E-state index is 11.9. The number of carbonyl (C=O) groups is 1. The van der Waals surface area contributed by atoms with Gasteiger partial charge in [0.2, 0.25) is 0 Å². The molecule has 3 nitrogen and oxygen atoms in total. The number of rotatable bonds is 3. The Hall–Kier alpha value is -1.13. The van der Waals surface area contributed by atoms with Crippen molar-refractivity contribution in [2.45, 2.75) is 6.42 Å². The number of halogens is 2. The van der Waals surface area contributed by atoms with Crippen molar-refractivity contribution in [3.8, 4) is 0 Å². The third-order valence-corrected chi connectivity index (χ3v) is 3.24. The number of hydrogen-bond acceptors (Lipinski definition) is 2. The first-order valence-electron chi connectivity index (χ1n) is 5.02. The molecule has 0 N–H and O–H groups in total. The van der Waals surface area contributed by atoms with Gasteiger partial charge in [-0.05, 0) is 17.7 Å². The van der Waals surface area contributed by atoms with Gasteiger partial charge in [-0.2, -0.15) is 5.10 Å². The number of nitrogens with zero attached hydrogens (tertiary/aromatic N) is 2. The summed E-state index contributed by atoms with van der Waals surface area (Å²) in [5.41, 5.74) is 1.43. The first-order valence-corrected chi connectivity index (χ1v) is 6.19. The lowest BCUT2D eigenvalue weighted by Crippen LogP contribution is -2.03. The molecule has 0 amide bonds. The highest BCUT2D eigenvalue weighted by Gasteiger charge is 2.11. The summed E-state index contributed by atoms with van der Waals surface area (Å²) < 4.78 is 2.51. The molecule has 88 valence electrons. The topological polar surface area (TPSA) is 34.9 Å². The molecule has 0 atom stereocenters. The second-order valence-corrected chi connectivity index (χ2v) is 5.06. The summed E-state index contributed by atoms with van der Waals surface area (Å²) >= 11 is 9.39. The molecule has 0 radical (unpaired) electrons. The van der Waals surface area contributed by atoms with Crippen LogP contribution >= 0.6 is 27.5 Å². The quantitative estimate of drug-likeness (QED) is 0.815. The third-order valence-electron chi connectivity index (χ3n) is 2.39. The van der Waals surface area contributed by atoms with Crippen molar-refractivity contribution in [3.05, 3.63) is 51.2 Å². The van der Waals surface area contributed by atoms with Crippen molar-refractivity contribution in [1.82, 2.24) is 9.78 Å². The van der Waals surface area contributed by atoms with Crippen LogP contribution in [0.3, 0.4) is 0 Å². The second-order valence-electron chi connectivity index (χ2n) is 3.74. The molecule has 0 aliphatic rings. The summed E-state index contributed by atoms with van der Waals surface area (Å²) in [6.07, 6.45) is 3.56. The fourth-order valence-corrected chi connectivity index (χ4v) is 2.25. The van der Waals surface area contributed by atoms with Crippen LogP contribution in [0.1, 0.15) is 15.9 Å². The van der Waals surface area contributed by atoms with E-state index < -0.39 is 0 Å². The molecule has 17 heavy (non-hydrogen) atoms. The molecule has 5 heteroatoms. The fourth-order valence-electron chi connectivity index (χ4n) is 1.51. The van der Waals surface area contributed by atoms with E-state index in [1.165, 1.54) is 0 Å². The molecule has 0 fully saturated rings. The Kier molecular flexibility index (Phi) is 3.64. The molecule has 1 aromatic carbocycles. The number of aromatic nitrogens is 2. The SMILES string of the molecule is Cn1cc(C(=O)Cc2ccc(Br)cc2Cl)cn1. The number of carbonyl (C=O) groups excluding carboxylic acids is 1. The van der Waals surface area contributed by atoms with Crippen LogP contribution < -0.4 is 0 Å². The van der Waals surface area contributed by atoms with Gasteiger partial charge in [-0.3, -0.25) is 9.48 Å². The average Bonchev–Trinajstić information content (AvgIpc) is 2.69. The van der Waals surface area contributed by atoms with E-state index in [2.05, 4.69) is 21.0 Å². The van der Waals surface area contributed by atoms with Crippen LogP contribution in [0.2, 0.25) is 5.02 Å². The lowest BCUT2D eigenvalue weighted by Gasteiger charge is -2.03. The van der Waals surface area contributed by atoms with E-state index in [4.69, 9.17) is 11.6 Å². The fraction of sp³-hybridized carbons (Fsp3) is 0.167. The molecule has 0 aliphatic heterocycles. The Morgan fingerprint density at radius 2 is 2.29 bits per heavy atom. The zero-order valence-electron chi connectivity index (χ0n) is 9.15. The molecule has 1 heterocycles. The van der Waals surface area contributed by atoms with Gasteiger partial charge >= 0.3 is 0 Å². The summed E-state index contributed by atoms with van der Waals surface area (Å²) in [4.78, 5) is 11.9. The van der Waals surface area contributed by atoms with Crippen molar-refractivity contribution in [2.75, 3.05) is 0 Å². The molecule has 0 unspecified atom stereocenters. The van der Waals surface area contributed by atoms with Gasteiger partial charge < -0.3 is 0 Å². The van der Waals surface area contributed by atoms with Crippen molar-refractivity contribution < 1.29 is 4.79 Å². The van der Waals surface area contributed by atoms with Crippen molar-refractivity contribution in [1.29, 1.82) is 0 Å². The zero-order chi connectivity index (χ0) is 12.4. The van der Waals surface area contributed by atoms with Gasteiger partial charge in [-0.1, -0.05) is 33.6 Å². The minimum Gasteiger partial charge on any atom is -0.294 e. The van der Waals surface area contributed by atoms with Gasteiger partial charge in [-0.15, -0.1) is 0 Å². The molecule has 0 saturated heterocycles. The van der Waals surface area contributed by atoms with Crippen LogP contribution in [0.4, 0.5) is 0 Å². The summed E-state index contributed by atoms with van der Waals surface area (Å²) in [6, 6.07) is 5.51. The molecule has 0 aliphatic carbocycles. The average molecular weight is 314 g/mol. The van der Waals surface area contributed by atoms with E-state index in [9.17, 15) is 4.79 Å². The molecule has 2 rings (SSSR count). The Morgan fingerprint density at radius 3 is 2.88 bits per heavy atom. The van der Waals surface area contributed by atoms with Gasteiger partial charge in [-0.25, -0.2) is 0 Å². The van der Waals surface area contributed by atoms with Crippen LogP contribution in [0.5, 0.6) is 0 Å². The van der Waals surface area contributed by atoms with E-state index in [0.717, 1.165) is 10.0 Å². The molecule has 2 aromatic rings. The Balaban J connectivity index is 2.18. The molecule has 0 saturated carbocycles. The number of Topliss-reactive ketones (excluding diaryl/α,β-unsaturated/α-hetero) is 1. The van der Waals surface area contributed by atoms with Crippen LogP contribution in [0.15, 0.2) is 35.1 Å². The van der Waals surface area contributed by atoms with Gasteiger partial charge in [0.05, 0.1) is 11.8 Å². The zero-order valence-corrected chi connectivity index (χ0v) is 11.5. The number of hydrogen-bond donors (Lipinski definition) is 0. The highest BCUT2D eigenvalue weighted by Crippen LogP contribution is 2.22. The summed E-state index contributed by atoms with van der Waals surface area (Å²) in [6.45, 7) is 0. The standard InChI is InChI=1S/C12H10BrClN2O/c1-16-7-9(6-15-16)12(17)4-8-2-3-10(13)5-11(8)14/h2-3,5-7H,4H2,1H3. The molecular weight excluding hydrogens is 304 g/mol. The van der Waals surface area contributed by atoms with Crippen molar-refractivity contribution in [2.24, 2.45) is 7.05 Å². The third kappa shape index (κ3) is 2.96. The minimum atomic E-state index is 0.0160. The van der Waals surface area contributed by atoms with Crippen molar-refractivity contribution in [3.63, 3.8) is 0 Å². The number of aryl methyl sites for hydroxylation is 1. The largest absolute Gasteiger partial charge is 0.294 e. The predicted molar refractivity (Wildman–Crippen MR) is 70.4 cm³/mol. The normalized spacial score (nSPS) is 10.5. The first-order chi connectivity index (χ1) is 8.06. The van der Waals surface area contributed by atoms with Crippen molar-refractivity contribution >= 4 is 33.3 Å². The lowest BCUT2D eigenvalue weighted by molar-refractivity contribution is 0.0993. The first kappa shape index (κ1) is 12.3. The van der Waals surface area contributed by atoms with Crippen LogP contribution in [0.25, 0.3) is 0 Å². The second kappa shape index (κ2) is 5.02. The Labute approximate surface area is 113 Å². The summed E-state index contributed by atoms with van der Waals surface area (Å²) in [7, 11) is 1.78. The van der Waals surface area contributed by atoms with E-state index in [-0.39, 0.29) is 12.2 Å². The molecule has 0 bridgehead atoms. The van der Waals surface area contributed by atoms with Gasteiger partial charge in [0.15, 0.2) is 5.78 Å². The Bertz CT molecular complexity index is 565. The smallest absolute Gasteiger partial charge is 0.170 e. The van der Waals surface area contributed by atoms with Crippen LogP contribution in [-0.4, -0.2) is 15.6 Å². The van der Waals surface area contributed by atoms with E-state index >= 15 is 0 Å². The van der Waals surface area contributed by atoms with Gasteiger partial charge in [0.25, 0.3) is 0 Å². The molecule has 0 spiro atoms. The van der Waals surface area contributed by atoms with Crippen LogP contribution in [0, 0.1) is 0 Å². The van der Waals surface area contributed by atoms with E-state index in [0.29, 0.717) is 10.6 Å². The van der Waals surface area contributed by atoms with Gasteiger partial charge in [0.1, 0.15) is 0 Å². The monoisotopic (exact) mass is 312 g/mol. The van der Waals surface area contributed by atoms with E-state index in [1.807, 2.05) is 12.1 Å². The number of ketones is 1. The highest BCUT2D eigenvalue weighted by atomic mass is 79.9. The maximum Gasteiger partial charge on any atom is 0.170 e. The van der Waals surface area contributed by atoms with Crippen LogP contribution in [-0.2, 0) is 13.5 Å². The maximum atomic E-state index is 11.9. The molecular formula is C12H10BrClN2O. The predicted octanol–water partition coefficient (Wildman–Crippen LogP) is 3.26. The molecule has 1 aromatic heterocycles. The Morgan fingerprint density at radius 1 is 1.53 bits per heavy atom. The van der Waals surface area contributed by atoms with Gasteiger partial charge in [0, 0.05) is 29.2 Å². The summed E-state index contributed by atoms with van der Waals surface area (Å²) in [5.74, 6) is 0.0160. The number of benzene rings is 1. The van der Waals surface area contributed by atoms with E-state index in [1.54, 1.807) is 30.2 Å².